The average molecular weight is 446 g/mol. The van der Waals surface area contributed by atoms with Gasteiger partial charge in [-0.15, -0.1) is 0 Å². The normalized spacial score (nSPS) is 10.9. The summed E-state index contributed by atoms with van der Waals surface area (Å²) in [6.45, 7) is 4.50. The maximum Gasteiger partial charge on any atom is 0.262 e. The Bertz CT molecular complexity index is 1130. The average Bonchev–Trinajstić information content (AvgIpc) is 2.74. The molecule has 0 radical (unpaired) electrons. The highest BCUT2D eigenvalue weighted by Gasteiger charge is 2.15. The van der Waals surface area contributed by atoms with Gasteiger partial charge in [-0.3, -0.25) is 14.2 Å². The van der Waals surface area contributed by atoms with Gasteiger partial charge in [0.15, 0.2) is 5.16 Å². The summed E-state index contributed by atoms with van der Waals surface area (Å²) in [5, 5.41) is 4.55. The lowest BCUT2D eigenvalue weighted by molar-refractivity contribution is -0.113. The molecular weight excluding hydrogens is 422 g/mol. The van der Waals surface area contributed by atoms with Crippen molar-refractivity contribution in [3.8, 4) is 5.75 Å². The summed E-state index contributed by atoms with van der Waals surface area (Å²) < 4.78 is 6.97. The molecule has 3 rings (SSSR count). The van der Waals surface area contributed by atoms with Crippen LogP contribution in [-0.4, -0.2) is 28.3 Å². The van der Waals surface area contributed by atoms with Crippen LogP contribution in [-0.2, 0) is 11.3 Å². The van der Waals surface area contributed by atoms with E-state index in [0.717, 1.165) is 18.4 Å². The van der Waals surface area contributed by atoms with E-state index in [9.17, 15) is 9.59 Å². The van der Waals surface area contributed by atoms with Gasteiger partial charge in [0.05, 0.1) is 29.5 Å². The third kappa shape index (κ3) is 4.96. The fraction of sp³-hybridized carbons (Fsp3) is 0.318. The summed E-state index contributed by atoms with van der Waals surface area (Å²) in [4.78, 5) is 30.1. The number of unbranched alkanes of at least 4 members (excludes halogenated alkanes) is 1. The van der Waals surface area contributed by atoms with Crippen LogP contribution >= 0.6 is 23.4 Å². The number of hydrogen-bond acceptors (Lipinski definition) is 5. The van der Waals surface area contributed by atoms with E-state index in [-0.39, 0.29) is 17.2 Å². The number of rotatable bonds is 8. The number of carbonyl (C=O) groups excluding carboxylic acids is 1. The van der Waals surface area contributed by atoms with E-state index >= 15 is 0 Å². The number of benzene rings is 2. The van der Waals surface area contributed by atoms with Gasteiger partial charge in [-0.25, -0.2) is 4.98 Å². The molecule has 1 heterocycles. The highest BCUT2D eigenvalue weighted by atomic mass is 35.5. The summed E-state index contributed by atoms with van der Waals surface area (Å²) in [5.41, 5.74) is 1.95. The third-order valence-corrected chi connectivity index (χ3v) is 6.03. The van der Waals surface area contributed by atoms with E-state index in [4.69, 9.17) is 16.3 Å². The van der Waals surface area contributed by atoms with Crippen LogP contribution in [0.4, 0.5) is 5.69 Å². The topological polar surface area (TPSA) is 73.2 Å². The van der Waals surface area contributed by atoms with Gasteiger partial charge in [-0.1, -0.05) is 48.8 Å². The van der Waals surface area contributed by atoms with Gasteiger partial charge in [0, 0.05) is 17.6 Å². The molecule has 8 heteroatoms. The smallest absolute Gasteiger partial charge is 0.262 e. The monoisotopic (exact) mass is 445 g/mol. The Balaban J connectivity index is 1.82. The van der Waals surface area contributed by atoms with Crippen molar-refractivity contribution in [2.45, 2.75) is 38.4 Å². The van der Waals surface area contributed by atoms with E-state index in [2.05, 4.69) is 17.2 Å². The quantitative estimate of drug-likeness (QED) is 0.394. The fourth-order valence-electron chi connectivity index (χ4n) is 3.02. The van der Waals surface area contributed by atoms with Gasteiger partial charge in [0.1, 0.15) is 5.75 Å². The number of fused-ring (bicyclic) bond motifs is 1. The first-order valence-electron chi connectivity index (χ1n) is 9.71. The molecule has 0 saturated carbocycles. The van der Waals surface area contributed by atoms with E-state index in [1.807, 2.05) is 25.1 Å². The molecule has 0 unspecified atom stereocenters. The van der Waals surface area contributed by atoms with Crippen molar-refractivity contribution in [3.05, 3.63) is 57.3 Å². The van der Waals surface area contributed by atoms with Crippen molar-refractivity contribution in [3.63, 3.8) is 0 Å². The highest BCUT2D eigenvalue weighted by Crippen LogP contribution is 2.31. The molecule has 0 atom stereocenters. The molecule has 0 aliphatic carbocycles. The SMILES string of the molecule is CCCCn1c(SCC(=O)Nc2cc(C)c(Cl)cc2OC)nc2ccccc2c1=O. The Morgan fingerprint density at radius 3 is 2.80 bits per heavy atom. The number of aromatic nitrogens is 2. The molecule has 0 saturated heterocycles. The third-order valence-electron chi connectivity index (χ3n) is 4.65. The molecule has 1 amide bonds. The number of amides is 1. The van der Waals surface area contributed by atoms with Crippen molar-refractivity contribution >= 4 is 45.9 Å². The van der Waals surface area contributed by atoms with Crippen LogP contribution in [0.1, 0.15) is 25.3 Å². The summed E-state index contributed by atoms with van der Waals surface area (Å²) in [7, 11) is 1.52. The van der Waals surface area contributed by atoms with Crippen LogP contribution in [0.15, 0.2) is 46.3 Å². The molecule has 0 aliphatic rings. The Hall–Kier alpha value is -2.51. The lowest BCUT2D eigenvalue weighted by Crippen LogP contribution is -2.24. The largest absolute Gasteiger partial charge is 0.495 e. The van der Waals surface area contributed by atoms with Crippen LogP contribution in [0.2, 0.25) is 5.02 Å². The lowest BCUT2D eigenvalue weighted by atomic mass is 10.2. The summed E-state index contributed by atoms with van der Waals surface area (Å²) in [6, 6.07) is 10.7. The predicted octanol–water partition coefficient (Wildman–Crippen LogP) is 4.90. The van der Waals surface area contributed by atoms with Gasteiger partial charge in [0.2, 0.25) is 5.91 Å². The number of nitrogens with zero attached hydrogens (tertiary/aromatic N) is 2. The molecule has 0 spiro atoms. The molecule has 1 N–H and O–H groups in total. The zero-order valence-electron chi connectivity index (χ0n) is 17.2. The molecule has 0 aliphatic heterocycles. The number of ether oxygens (including phenoxy) is 1. The molecule has 2 aromatic carbocycles. The molecule has 6 nitrogen and oxygen atoms in total. The maximum absolute atomic E-state index is 12.9. The molecule has 158 valence electrons. The van der Waals surface area contributed by atoms with Crippen molar-refractivity contribution in [2.24, 2.45) is 0 Å². The first-order chi connectivity index (χ1) is 14.4. The molecular formula is C22H24ClN3O3S. The second-order valence-electron chi connectivity index (χ2n) is 6.86. The first-order valence-corrected chi connectivity index (χ1v) is 11.1. The van der Waals surface area contributed by atoms with Gasteiger partial charge < -0.3 is 10.1 Å². The summed E-state index contributed by atoms with van der Waals surface area (Å²) in [6.07, 6.45) is 1.82. The van der Waals surface area contributed by atoms with Gasteiger partial charge >= 0.3 is 0 Å². The van der Waals surface area contributed by atoms with Crippen molar-refractivity contribution in [1.82, 2.24) is 9.55 Å². The summed E-state index contributed by atoms with van der Waals surface area (Å²) in [5.74, 6) is 0.388. The van der Waals surface area contributed by atoms with Crippen LogP contribution in [0.3, 0.4) is 0 Å². The second-order valence-corrected chi connectivity index (χ2v) is 8.21. The van der Waals surface area contributed by atoms with Crippen LogP contribution in [0.25, 0.3) is 10.9 Å². The minimum absolute atomic E-state index is 0.0769. The van der Waals surface area contributed by atoms with E-state index in [1.54, 1.807) is 22.8 Å². The maximum atomic E-state index is 12.9. The molecule has 0 fully saturated rings. The summed E-state index contributed by atoms with van der Waals surface area (Å²) >= 11 is 7.37. The van der Waals surface area contributed by atoms with Gasteiger partial charge in [-0.2, -0.15) is 0 Å². The second kappa shape index (κ2) is 10.00. The number of aryl methyl sites for hydroxylation is 1. The Morgan fingerprint density at radius 1 is 1.30 bits per heavy atom. The van der Waals surface area contributed by atoms with Crippen LogP contribution in [0, 0.1) is 6.92 Å². The Kier molecular flexibility index (Phi) is 7.39. The molecule has 0 bridgehead atoms. The molecule has 1 aromatic heterocycles. The standard InChI is InChI=1S/C22H24ClN3O3S/c1-4-5-10-26-21(28)15-8-6-7-9-17(15)25-22(26)30-13-20(27)24-18-11-14(2)16(23)12-19(18)29-3/h6-9,11-12H,4-5,10,13H2,1-3H3,(H,24,27). The van der Waals surface area contributed by atoms with Crippen LogP contribution < -0.4 is 15.6 Å². The van der Waals surface area contributed by atoms with Crippen molar-refractivity contribution in [1.29, 1.82) is 0 Å². The van der Waals surface area contributed by atoms with Gasteiger partial charge in [0.25, 0.3) is 5.56 Å². The van der Waals surface area contributed by atoms with E-state index < -0.39 is 0 Å². The number of halogens is 1. The minimum atomic E-state index is -0.218. The zero-order valence-corrected chi connectivity index (χ0v) is 18.8. The number of methoxy groups -OCH3 is 1. The number of hydrogen-bond donors (Lipinski definition) is 1. The fourth-order valence-corrected chi connectivity index (χ4v) is 4.00. The minimum Gasteiger partial charge on any atom is -0.495 e. The zero-order chi connectivity index (χ0) is 21.7. The molecule has 30 heavy (non-hydrogen) atoms. The molecule has 3 aromatic rings. The van der Waals surface area contributed by atoms with Crippen molar-refractivity contribution < 1.29 is 9.53 Å². The number of para-hydroxylation sites is 1. The number of thioether (sulfide) groups is 1. The van der Waals surface area contributed by atoms with Crippen LogP contribution in [0.5, 0.6) is 5.75 Å². The first kappa shape index (κ1) is 22.2. The highest BCUT2D eigenvalue weighted by molar-refractivity contribution is 7.99. The van der Waals surface area contributed by atoms with Gasteiger partial charge in [-0.05, 0) is 37.1 Å². The Morgan fingerprint density at radius 2 is 2.07 bits per heavy atom. The number of anilines is 1. The van der Waals surface area contributed by atoms with E-state index in [1.165, 1.54) is 18.9 Å². The predicted molar refractivity (Wildman–Crippen MR) is 123 cm³/mol. The van der Waals surface area contributed by atoms with E-state index in [0.29, 0.717) is 39.1 Å². The number of nitrogens with one attached hydrogen (secondary N) is 1. The van der Waals surface area contributed by atoms with Crippen molar-refractivity contribution in [2.75, 3.05) is 18.2 Å². The lowest BCUT2D eigenvalue weighted by Gasteiger charge is -2.14. The number of carbonyl (C=O) groups is 1. The Labute approximate surface area is 184 Å².